The van der Waals surface area contributed by atoms with Crippen LogP contribution in [0.15, 0.2) is 12.4 Å². The van der Waals surface area contributed by atoms with E-state index >= 15 is 0 Å². The van der Waals surface area contributed by atoms with Crippen molar-refractivity contribution in [1.82, 2.24) is 9.97 Å². The number of hydrogen-bond acceptors (Lipinski definition) is 4. The molecule has 1 aliphatic rings. The van der Waals surface area contributed by atoms with Gasteiger partial charge in [0.2, 0.25) is 0 Å². The zero-order valence-corrected chi connectivity index (χ0v) is 5.12. The molecule has 1 aliphatic heterocycles. The van der Waals surface area contributed by atoms with Gasteiger partial charge in [0.1, 0.15) is 0 Å². The third kappa shape index (κ3) is 0.957. The van der Waals surface area contributed by atoms with E-state index in [0.29, 0.717) is 0 Å². The molecule has 4 nitrogen and oxygen atoms in total. The van der Waals surface area contributed by atoms with Crippen LogP contribution in [0.3, 0.4) is 0 Å². The monoisotopic (exact) mass is 160 g/mol. The van der Waals surface area contributed by atoms with E-state index in [0.717, 1.165) is 0 Å². The fraction of sp³-hybridized carbons (Fsp3) is 0.200. The maximum atomic E-state index is 12.2. The number of fused-ring (bicyclic) bond motifs is 1. The largest absolute Gasteiger partial charge is 0.588 e. The molecule has 11 heavy (non-hydrogen) atoms. The average Bonchev–Trinajstić information content (AvgIpc) is 2.21. The number of rotatable bonds is 0. The molecule has 0 bridgehead atoms. The molecular weight excluding hydrogens is 158 g/mol. The van der Waals surface area contributed by atoms with Crippen molar-refractivity contribution < 1.29 is 18.3 Å². The Morgan fingerprint density at radius 3 is 2.00 bits per heavy atom. The zero-order valence-electron chi connectivity index (χ0n) is 5.12. The maximum absolute atomic E-state index is 12.2. The lowest BCUT2D eigenvalue weighted by Gasteiger charge is -2.02. The highest BCUT2D eigenvalue weighted by Crippen LogP contribution is 2.36. The Morgan fingerprint density at radius 1 is 1.09 bits per heavy atom. The molecule has 2 heterocycles. The van der Waals surface area contributed by atoms with Crippen molar-refractivity contribution in [2.75, 3.05) is 0 Å². The minimum Gasteiger partial charge on any atom is -0.375 e. The molecule has 0 aliphatic carbocycles. The van der Waals surface area contributed by atoms with Crippen molar-refractivity contribution in [3.8, 4) is 11.8 Å². The van der Waals surface area contributed by atoms with E-state index in [4.69, 9.17) is 0 Å². The Hall–Kier alpha value is -1.46. The molecule has 1 aromatic heterocycles. The van der Waals surface area contributed by atoms with Crippen LogP contribution in [0.5, 0.6) is 11.8 Å². The molecule has 0 unspecified atom stereocenters. The van der Waals surface area contributed by atoms with Crippen molar-refractivity contribution in [3.63, 3.8) is 0 Å². The Kier molecular flexibility index (Phi) is 1.01. The molecular formula is C5H2F2N2O2. The van der Waals surface area contributed by atoms with Crippen LogP contribution in [0.4, 0.5) is 8.78 Å². The molecule has 0 fully saturated rings. The van der Waals surface area contributed by atoms with Crippen molar-refractivity contribution in [2.45, 2.75) is 6.29 Å². The van der Waals surface area contributed by atoms with Crippen LogP contribution in [-0.2, 0) is 0 Å². The van der Waals surface area contributed by atoms with Gasteiger partial charge in [-0.15, -0.1) is 8.78 Å². The summed E-state index contributed by atoms with van der Waals surface area (Å²) in [6, 6.07) is 0. The van der Waals surface area contributed by atoms with Crippen LogP contribution in [0.2, 0.25) is 0 Å². The Balaban J connectivity index is 2.41. The fourth-order valence-electron chi connectivity index (χ4n) is 0.698. The molecule has 0 amide bonds. The van der Waals surface area contributed by atoms with Crippen LogP contribution in [-0.4, -0.2) is 16.3 Å². The van der Waals surface area contributed by atoms with E-state index < -0.39 is 6.29 Å². The van der Waals surface area contributed by atoms with E-state index in [-0.39, 0.29) is 11.8 Å². The second-order valence-corrected chi connectivity index (χ2v) is 1.83. The third-order valence-corrected chi connectivity index (χ3v) is 1.06. The molecule has 0 saturated carbocycles. The first-order valence-electron chi connectivity index (χ1n) is 2.74. The van der Waals surface area contributed by atoms with Crippen LogP contribution in [0.1, 0.15) is 0 Å². The molecule has 0 saturated heterocycles. The summed E-state index contributed by atoms with van der Waals surface area (Å²) in [5.74, 6) is -0.560. The van der Waals surface area contributed by atoms with Gasteiger partial charge in [-0.05, 0) is 0 Å². The Labute approximate surface area is 59.8 Å². The molecule has 0 radical (unpaired) electrons. The van der Waals surface area contributed by atoms with E-state index in [9.17, 15) is 8.78 Å². The number of halogens is 2. The van der Waals surface area contributed by atoms with Crippen molar-refractivity contribution in [2.24, 2.45) is 0 Å². The Morgan fingerprint density at radius 2 is 1.55 bits per heavy atom. The predicted molar refractivity (Wildman–Crippen MR) is 28.2 cm³/mol. The topological polar surface area (TPSA) is 44.2 Å². The number of alkyl halides is 2. The zero-order chi connectivity index (χ0) is 7.90. The summed E-state index contributed by atoms with van der Waals surface area (Å²) in [7, 11) is 0. The molecule has 0 aromatic carbocycles. The van der Waals surface area contributed by atoms with Crippen molar-refractivity contribution >= 4 is 0 Å². The van der Waals surface area contributed by atoms with E-state index in [1.807, 2.05) is 0 Å². The van der Waals surface area contributed by atoms with Crippen LogP contribution >= 0.6 is 0 Å². The van der Waals surface area contributed by atoms with Gasteiger partial charge in [-0.25, -0.2) is 9.97 Å². The van der Waals surface area contributed by atoms with Gasteiger partial charge in [0.15, 0.2) is 0 Å². The SMILES string of the molecule is FC1(F)Oc2nccnc2O1. The van der Waals surface area contributed by atoms with E-state index in [2.05, 4.69) is 19.4 Å². The van der Waals surface area contributed by atoms with Gasteiger partial charge >= 0.3 is 6.29 Å². The number of ether oxygens (including phenoxy) is 2. The van der Waals surface area contributed by atoms with E-state index in [1.54, 1.807) is 0 Å². The second kappa shape index (κ2) is 1.77. The highest BCUT2D eigenvalue weighted by atomic mass is 19.3. The number of aromatic nitrogens is 2. The smallest absolute Gasteiger partial charge is 0.375 e. The Bertz CT molecular complexity index is 265. The standard InChI is InChI=1S/C5H2F2N2O2/c6-5(7)10-3-4(11-5)9-2-1-8-3/h1-2H. The molecule has 2 rings (SSSR count). The number of hydrogen-bond donors (Lipinski definition) is 0. The summed E-state index contributed by atoms with van der Waals surface area (Å²) in [5, 5.41) is 0. The summed E-state index contributed by atoms with van der Waals surface area (Å²) in [6.45, 7) is 0. The summed E-state index contributed by atoms with van der Waals surface area (Å²) >= 11 is 0. The maximum Gasteiger partial charge on any atom is 0.588 e. The van der Waals surface area contributed by atoms with Gasteiger partial charge in [0.25, 0.3) is 11.8 Å². The molecule has 0 N–H and O–H groups in total. The normalized spacial score (nSPS) is 18.4. The van der Waals surface area contributed by atoms with Gasteiger partial charge in [-0.1, -0.05) is 0 Å². The van der Waals surface area contributed by atoms with Gasteiger partial charge in [0, 0.05) is 12.4 Å². The van der Waals surface area contributed by atoms with Gasteiger partial charge in [0.05, 0.1) is 0 Å². The first kappa shape index (κ1) is 6.26. The average molecular weight is 160 g/mol. The third-order valence-electron chi connectivity index (χ3n) is 1.06. The van der Waals surface area contributed by atoms with Crippen LogP contribution < -0.4 is 9.47 Å². The second-order valence-electron chi connectivity index (χ2n) is 1.83. The predicted octanol–water partition coefficient (Wildman–Crippen LogP) is 0.798. The van der Waals surface area contributed by atoms with E-state index in [1.165, 1.54) is 12.4 Å². The first-order chi connectivity index (χ1) is 5.17. The molecule has 0 spiro atoms. The summed E-state index contributed by atoms with van der Waals surface area (Å²) in [6.07, 6.45) is -1.14. The first-order valence-corrected chi connectivity index (χ1v) is 2.74. The number of nitrogens with zero attached hydrogens (tertiary/aromatic N) is 2. The van der Waals surface area contributed by atoms with Gasteiger partial charge in [-0.2, -0.15) is 0 Å². The fourth-order valence-corrected chi connectivity index (χ4v) is 0.698. The molecule has 1 aromatic rings. The summed E-state index contributed by atoms with van der Waals surface area (Å²) in [5.41, 5.74) is 0. The molecule has 58 valence electrons. The van der Waals surface area contributed by atoms with Crippen LogP contribution in [0.25, 0.3) is 0 Å². The van der Waals surface area contributed by atoms with Gasteiger partial charge in [-0.3, -0.25) is 0 Å². The van der Waals surface area contributed by atoms with Crippen LogP contribution in [0, 0.1) is 0 Å². The highest BCUT2D eigenvalue weighted by molar-refractivity contribution is 5.27. The van der Waals surface area contributed by atoms with Crippen molar-refractivity contribution in [1.29, 1.82) is 0 Å². The summed E-state index contributed by atoms with van der Waals surface area (Å²) < 4.78 is 32.4. The summed E-state index contributed by atoms with van der Waals surface area (Å²) in [4.78, 5) is 6.93. The van der Waals surface area contributed by atoms with Gasteiger partial charge < -0.3 is 9.47 Å². The molecule has 0 atom stereocenters. The lowest BCUT2D eigenvalue weighted by molar-refractivity contribution is -0.288. The molecule has 6 heteroatoms. The lowest BCUT2D eigenvalue weighted by Crippen LogP contribution is -2.26. The highest BCUT2D eigenvalue weighted by Gasteiger charge is 2.45. The lowest BCUT2D eigenvalue weighted by atomic mass is 10.7. The quantitative estimate of drug-likeness (QED) is 0.563. The minimum absolute atomic E-state index is 0.280. The van der Waals surface area contributed by atoms with Crippen molar-refractivity contribution in [3.05, 3.63) is 12.4 Å². The minimum atomic E-state index is -3.62.